The molecule has 0 saturated heterocycles. The fraction of sp³-hybridized carbons (Fsp3) is 0.524. The van der Waals surface area contributed by atoms with Crippen LogP contribution in [-0.4, -0.2) is 32.1 Å². The zero-order valence-electron chi connectivity index (χ0n) is 16.2. The molecule has 3 aliphatic carbocycles. The van der Waals surface area contributed by atoms with E-state index in [1.807, 2.05) is 0 Å². The Balaban J connectivity index is 1.54. The van der Waals surface area contributed by atoms with Crippen molar-refractivity contribution in [3.63, 3.8) is 0 Å². The van der Waals surface area contributed by atoms with E-state index in [1.54, 1.807) is 0 Å². The van der Waals surface area contributed by atoms with Crippen molar-refractivity contribution < 1.29 is 23.5 Å². The first-order valence-corrected chi connectivity index (χ1v) is 11.7. The summed E-state index contributed by atoms with van der Waals surface area (Å²) in [5, 5.41) is 10.1. The Hall–Kier alpha value is -2.00. The van der Waals surface area contributed by atoms with Gasteiger partial charge in [0.15, 0.2) is 5.78 Å². The highest BCUT2D eigenvalue weighted by molar-refractivity contribution is 7.14. The van der Waals surface area contributed by atoms with Crippen LogP contribution in [0.1, 0.15) is 65.6 Å². The van der Waals surface area contributed by atoms with Crippen LogP contribution in [0.5, 0.6) is 0 Å². The highest BCUT2D eigenvalue weighted by Crippen LogP contribution is 2.47. The van der Waals surface area contributed by atoms with Gasteiger partial charge in [-0.3, -0.25) is 4.79 Å². The molecule has 158 valence electrons. The summed E-state index contributed by atoms with van der Waals surface area (Å²) in [6.45, 7) is 0. The average Bonchev–Trinajstić information content (AvgIpc) is 3.10. The number of halogens is 2. The van der Waals surface area contributed by atoms with Gasteiger partial charge in [0, 0.05) is 51.6 Å². The second-order valence-corrected chi connectivity index (χ2v) is 10.2. The molecule has 0 spiro atoms. The molecule has 0 aliphatic heterocycles. The van der Waals surface area contributed by atoms with Crippen molar-refractivity contribution in [2.75, 3.05) is 0 Å². The van der Waals surface area contributed by atoms with E-state index in [0.29, 0.717) is 45.5 Å². The number of carboxylic acids is 1. The lowest BCUT2D eigenvalue weighted by Gasteiger charge is -2.21. The lowest BCUT2D eigenvalue weighted by atomic mass is 9.91. The van der Waals surface area contributed by atoms with Gasteiger partial charge in [-0.2, -0.15) is 4.37 Å². The number of ketones is 1. The monoisotopic (exact) mass is 450 g/mol. The lowest BCUT2D eigenvalue weighted by molar-refractivity contribution is -0.133. The first kappa shape index (κ1) is 19.9. The number of fused-ring (bicyclic) bond motifs is 1. The molecule has 0 unspecified atom stereocenters. The van der Waals surface area contributed by atoms with Crippen molar-refractivity contribution in [3.8, 4) is 10.6 Å². The van der Waals surface area contributed by atoms with Crippen molar-refractivity contribution >= 4 is 34.6 Å². The molecule has 0 atom stereocenters. The van der Waals surface area contributed by atoms with Crippen molar-refractivity contribution in [1.82, 2.24) is 9.36 Å². The van der Waals surface area contributed by atoms with Crippen LogP contribution in [0.2, 0.25) is 0 Å². The summed E-state index contributed by atoms with van der Waals surface area (Å²) < 4.78 is 32.5. The lowest BCUT2D eigenvalue weighted by Crippen LogP contribution is -2.24. The van der Waals surface area contributed by atoms with Crippen LogP contribution >= 0.6 is 22.9 Å². The Morgan fingerprint density at radius 2 is 1.93 bits per heavy atom. The number of aliphatic carboxylic acids is 1. The van der Waals surface area contributed by atoms with E-state index in [1.165, 1.54) is 22.9 Å². The van der Waals surface area contributed by atoms with Gasteiger partial charge >= 0.3 is 5.97 Å². The van der Waals surface area contributed by atoms with Gasteiger partial charge in [-0.15, -0.1) is 11.3 Å². The minimum absolute atomic E-state index is 0.0308. The van der Waals surface area contributed by atoms with Crippen LogP contribution in [0.3, 0.4) is 0 Å². The summed E-state index contributed by atoms with van der Waals surface area (Å²) in [5.41, 5.74) is 2.23. The van der Waals surface area contributed by atoms with Gasteiger partial charge in [0.25, 0.3) is 5.92 Å². The number of thiophene rings is 1. The molecule has 2 aromatic heterocycles. The number of alkyl halides is 2. The molecule has 0 bridgehead atoms. The number of carboxylic acid groups (broad SMARTS) is 1. The molecule has 3 aliphatic rings. The Morgan fingerprint density at radius 1 is 1.17 bits per heavy atom. The van der Waals surface area contributed by atoms with Crippen LogP contribution in [0.15, 0.2) is 11.1 Å². The third kappa shape index (κ3) is 3.62. The predicted molar refractivity (Wildman–Crippen MR) is 109 cm³/mol. The molecular formula is C21H20F2N2O3S2. The molecule has 5 nitrogen and oxygen atoms in total. The van der Waals surface area contributed by atoms with E-state index in [-0.39, 0.29) is 37.0 Å². The van der Waals surface area contributed by atoms with Crippen LogP contribution in [0, 0.1) is 0 Å². The summed E-state index contributed by atoms with van der Waals surface area (Å²) in [4.78, 5) is 30.4. The van der Waals surface area contributed by atoms with Gasteiger partial charge in [0.05, 0.1) is 0 Å². The van der Waals surface area contributed by atoms with Gasteiger partial charge in [-0.05, 0) is 55.6 Å². The van der Waals surface area contributed by atoms with Gasteiger partial charge < -0.3 is 5.11 Å². The summed E-state index contributed by atoms with van der Waals surface area (Å²) >= 11 is 2.53. The van der Waals surface area contributed by atoms with Crippen LogP contribution < -0.4 is 0 Å². The minimum atomic E-state index is -2.73. The SMILES string of the molecule is O=C(O)C1=C(C(=O)Cc2sc3c(c2-c2nc(C4CC4)ns2)CCC(F)(F)C3)CCC1. The van der Waals surface area contributed by atoms with Crippen molar-refractivity contribution in [3.05, 3.63) is 32.3 Å². The first-order chi connectivity index (χ1) is 14.3. The molecule has 2 aromatic rings. The Bertz CT molecular complexity index is 1080. The van der Waals surface area contributed by atoms with E-state index in [4.69, 9.17) is 0 Å². The van der Waals surface area contributed by atoms with Crippen LogP contribution in [-0.2, 0) is 28.9 Å². The van der Waals surface area contributed by atoms with Gasteiger partial charge in [-0.1, -0.05) is 0 Å². The summed E-state index contributed by atoms with van der Waals surface area (Å²) in [5.74, 6) is -2.80. The zero-order chi connectivity index (χ0) is 21.0. The van der Waals surface area contributed by atoms with E-state index < -0.39 is 11.9 Å². The fourth-order valence-corrected chi connectivity index (χ4v) is 6.70. The number of Topliss-reactive ketones (excluding diaryl/α,β-unsaturated/α-hetero) is 1. The number of allylic oxidation sites excluding steroid dienone is 1. The standard InChI is InChI=1S/C21H20F2N2O3S2/c22-21(23)7-6-13-16(9-21)29-15(8-14(26)11-2-1-3-12(11)20(27)28)17(13)19-24-18(25-30-19)10-4-5-10/h10H,1-9H2,(H,27,28). The maximum Gasteiger partial charge on any atom is 0.331 e. The van der Waals surface area contributed by atoms with Crippen molar-refractivity contribution in [2.45, 2.75) is 69.6 Å². The summed E-state index contributed by atoms with van der Waals surface area (Å²) in [7, 11) is 0. The molecule has 2 heterocycles. The van der Waals surface area contributed by atoms with Crippen molar-refractivity contribution in [2.24, 2.45) is 0 Å². The van der Waals surface area contributed by atoms with Gasteiger partial charge in [-0.25, -0.2) is 18.6 Å². The molecule has 1 fully saturated rings. The Labute approximate surface area is 180 Å². The zero-order valence-corrected chi connectivity index (χ0v) is 17.8. The predicted octanol–water partition coefficient (Wildman–Crippen LogP) is 4.94. The van der Waals surface area contributed by atoms with Gasteiger partial charge in [0.2, 0.25) is 0 Å². The maximum atomic E-state index is 14.0. The number of rotatable bonds is 6. The largest absolute Gasteiger partial charge is 0.478 e. The minimum Gasteiger partial charge on any atom is -0.478 e. The molecule has 5 rings (SSSR count). The van der Waals surface area contributed by atoms with E-state index >= 15 is 0 Å². The molecular weight excluding hydrogens is 430 g/mol. The van der Waals surface area contributed by atoms with Crippen LogP contribution in [0.25, 0.3) is 10.6 Å². The van der Waals surface area contributed by atoms with E-state index in [9.17, 15) is 23.5 Å². The molecule has 0 amide bonds. The molecule has 30 heavy (non-hydrogen) atoms. The first-order valence-electron chi connectivity index (χ1n) is 10.2. The summed E-state index contributed by atoms with van der Waals surface area (Å²) in [6, 6.07) is 0. The Morgan fingerprint density at radius 3 is 2.67 bits per heavy atom. The van der Waals surface area contributed by atoms with E-state index in [2.05, 4.69) is 9.36 Å². The third-order valence-corrected chi connectivity index (χ3v) is 8.03. The second-order valence-electron chi connectivity index (χ2n) is 8.28. The smallest absolute Gasteiger partial charge is 0.331 e. The fourth-order valence-electron chi connectivity index (χ4n) is 4.36. The molecule has 1 saturated carbocycles. The molecule has 0 radical (unpaired) electrons. The quantitative estimate of drug-likeness (QED) is 0.674. The highest BCUT2D eigenvalue weighted by atomic mass is 32.1. The third-order valence-electron chi connectivity index (χ3n) is 6.06. The van der Waals surface area contributed by atoms with Crippen LogP contribution in [0.4, 0.5) is 8.78 Å². The van der Waals surface area contributed by atoms with E-state index in [0.717, 1.165) is 29.8 Å². The number of hydrogen-bond donors (Lipinski definition) is 1. The number of aromatic nitrogens is 2. The normalized spacial score (nSPS) is 20.5. The Kier molecular flexibility index (Phi) is 4.85. The highest BCUT2D eigenvalue weighted by Gasteiger charge is 2.39. The number of carbonyl (C=O) groups is 2. The summed E-state index contributed by atoms with van der Waals surface area (Å²) in [6.07, 6.45) is 3.42. The average molecular weight is 451 g/mol. The maximum absolute atomic E-state index is 14.0. The van der Waals surface area contributed by atoms with Crippen molar-refractivity contribution in [1.29, 1.82) is 0 Å². The second kappa shape index (κ2) is 7.30. The number of hydrogen-bond acceptors (Lipinski definition) is 6. The number of carbonyl (C=O) groups excluding carboxylic acids is 1. The topological polar surface area (TPSA) is 80.1 Å². The number of nitrogens with zero attached hydrogens (tertiary/aromatic N) is 2. The van der Waals surface area contributed by atoms with Gasteiger partial charge in [0.1, 0.15) is 10.8 Å². The molecule has 0 aromatic carbocycles. The molecule has 1 N–H and O–H groups in total. The molecule has 9 heteroatoms.